The topological polar surface area (TPSA) is 51.5 Å². The van der Waals surface area contributed by atoms with Gasteiger partial charge in [-0.05, 0) is 24.6 Å². The Bertz CT molecular complexity index is 499. The molecule has 0 aliphatic carbocycles. The fourth-order valence-electron chi connectivity index (χ4n) is 1.64. The van der Waals surface area contributed by atoms with E-state index >= 15 is 0 Å². The molecule has 0 aliphatic rings. The second kappa shape index (κ2) is 5.33. The zero-order chi connectivity index (χ0) is 12.3. The molecule has 0 radical (unpaired) electrons. The van der Waals surface area contributed by atoms with E-state index in [1.807, 2.05) is 19.1 Å². The minimum absolute atomic E-state index is 0.0703. The standard InChI is InChI=1S/C11H15ClN4O/c1-8-3-10(13-5-9(12)6-17-2)16-11(4-8)14-7-15-16/h3-4,7,9,13H,5-6H2,1-2H3. The van der Waals surface area contributed by atoms with Gasteiger partial charge in [0, 0.05) is 13.7 Å². The summed E-state index contributed by atoms with van der Waals surface area (Å²) >= 11 is 6.06. The SMILES string of the molecule is COCC(Cl)CNc1cc(C)cc2ncnn12. The number of anilines is 1. The normalized spacial score (nSPS) is 12.9. The van der Waals surface area contributed by atoms with Crippen LogP contribution in [-0.4, -0.2) is 40.2 Å². The molecule has 0 aliphatic heterocycles. The van der Waals surface area contributed by atoms with E-state index in [0.717, 1.165) is 17.0 Å². The Labute approximate surface area is 105 Å². The predicted octanol–water partition coefficient (Wildman–Crippen LogP) is 1.70. The van der Waals surface area contributed by atoms with Crippen LogP contribution in [0, 0.1) is 6.92 Å². The van der Waals surface area contributed by atoms with Crippen LogP contribution in [0.3, 0.4) is 0 Å². The van der Waals surface area contributed by atoms with Crippen molar-refractivity contribution in [3.63, 3.8) is 0 Å². The molecule has 92 valence electrons. The van der Waals surface area contributed by atoms with Crippen molar-refractivity contribution in [2.45, 2.75) is 12.3 Å². The van der Waals surface area contributed by atoms with Gasteiger partial charge in [-0.25, -0.2) is 4.98 Å². The van der Waals surface area contributed by atoms with E-state index in [9.17, 15) is 0 Å². The molecule has 0 saturated heterocycles. The first-order chi connectivity index (χ1) is 8.20. The van der Waals surface area contributed by atoms with Gasteiger partial charge in [0.15, 0.2) is 5.65 Å². The van der Waals surface area contributed by atoms with Gasteiger partial charge >= 0.3 is 0 Å². The Hall–Kier alpha value is -1.33. The highest BCUT2D eigenvalue weighted by atomic mass is 35.5. The van der Waals surface area contributed by atoms with Crippen molar-refractivity contribution in [2.75, 3.05) is 25.6 Å². The summed E-state index contributed by atoms with van der Waals surface area (Å²) in [6.45, 7) is 3.15. The lowest BCUT2D eigenvalue weighted by Crippen LogP contribution is -2.20. The quantitative estimate of drug-likeness (QED) is 0.826. The number of halogens is 1. The molecular weight excluding hydrogens is 240 g/mol. The molecule has 17 heavy (non-hydrogen) atoms. The molecule has 1 atom stereocenters. The molecule has 2 aromatic heterocycles. The summed E-state index contributed by atoms with van der Waals surface area (Å²) in [5.41, 5.74) is 1.95. The smallest absolute Gasteiger partial charge is 0.157 e. The first-order valence-corrected chi connectivity index (χ1v) is 5.81. The van der Waals surface area contributed by atoms with E-state index in [1.165, 1.54) is 6.33 Å². The largest absolute Gasteiger partial charge is 0.383 e. The minimum Gasteiger partial charge on any atom is -0.383 e. The molecule has 1 unspecified atom stereocenters. The number of aromatic nitrogens is 3. The molecule has 5 nitrogen and oxygen atoms in total. The molecular formula is C11H15ClN4O. The van der Waals surface area contributed by atoms with E-state index in [1.54, 1.807) is 11.6 Å². The number of rotatable bonds is 5. The Morgan fingerprint density at radius 3 is 3.12 bits per heavy atom. The average molecular weight is 255 g/mol. The van der Waals surface area contributed by atoms with Crippen molar-refractivity contribution in [3.05, 3.63) is 24.0 Å². The highest BCUT2D eigenvalue weighted by molar-refractivity contribution is 6.21. The van der Waals surface area contributed by atoms with Crippen LogP contribution in [0.5, 0.6) is 0 Å². The van der Waals surface area contributed by atoms with Crippen molar-refractivity contribution < 1.29 is 4.74 Å². The zero-order valence-electron chi connectivity index (χ0n) is 9.85. The molecule has 0 saturated carbocycles. The second-order valence-electron chi connectivity index (χ2n) is 3.88. The summed E-state index contributed by atoms with van der Waals surface area (Å²) in [5.74, 6) is 0.888. The number of alkyl halides is 1. The summed E-state index contributed by atoms with van der Waals surface area (Å²) in [7, 11) is 1.64. The lowest BCUT2D eigenvalue weighted by atomic mass is 10.3. The molecule has 2 heterocycles. The number of fused-ring (bicyclic) bond motifs is 1. The summed E-state index contributed by atoms with van der Waals surface area (Å²) in [6.07, 6.45) is 1.54. The Morgan fingerprint density at radius 1 is 1.53 bits per heavy atom. The number of ether oxygens (including phenoxy) is 1. The third-order valence-electron chi connectivity index (χ3n) is 2.38. The first kappa shape index (κ1) is 12.1. The number of hydrogen-bond acceptors (Lipinski definition) is 4. The summed E-state index contributed by atoms with van der Waals surface area (Å²) in [6, 6.07) is 3.99. The second-order valence-corrected chi connectivity index (χ2v) is 4.50. The number of nitrogens with one attached hydrogen (secondary N) is 1. The van der Waals surface area contributed by atoms with Crippen molar-refractivity contribution >= 4 is 23.1 Å². The molecule has 0 fully saturated rings. The van der Waals surface area contributed by atoms with Crippen molar-refractivity contribution in [2.24, 2.45) is 0 Å². The molecule has 0 aromatic carbocycles. The van der Waals surface area contributed by atoms with Crippen molar-refractivity contribution in [1.29, 1.82) is 0 Å². The molecule has 1 N–H and O–H groups in total. The molecule has 0 spiro atoms. The molecule has 2 rings (SSSR count). The van der Waals surface area contributed by atoms with Gasteiger partial charge in [-0.1, -0.05) is 0 Å². The predicted molar refractivity (Wildman–Crippen MR) is 67.7 cm³/mol. The fourth-order valence-corrected chi connectivity index (χ4v) is 1.84. The van der Waals surface area contributed by atoms with E-state index in [0.29, 0.717) is 13.2 Å². The molecule has 0 bridgehead atoms. The van der Waals surface area contributed by atoms with Crippen LogP contribution in [0.2, 0.25) is 0 Å². The van der Waals surface area contributed by atoms with Crippen LogP contribution in [0.4, 0.5) is 5.82 Å². The van der Waals surface area contributed by atoms with E-state index in [2.05, 4.69) is 15.4 Å². The molecule has 6 heteroatoms. The molecule has 2 aromatic rings. The van der Waals surface area contributed by atoms with Gasteiger partial charge < -0.3 is 10.1 Å². The lowest BCUT2D eigenvalue weighted by Gasteiger charge is -2.12. The van der Waals surface area contributed by atoms with Crippen LogP contribution >= 0.6 is 11.6 Å². The van der Waals surface area contributed by atoms with Crippen LogP contribution < -0.4 is 5.32 Å². The van der Waals surface area contributed by atoms with Gasteiger partial charge in [-0.15, -0.1) is 11.6 Å². The number of nitrogens with zero attached hydrogens (tertiary/aromatic N) is 3. The maximum atomic E-state index is 6.06. The minimum atomic E-state index is -0.0703. The average Bonchev–Trinajstić information content (AvgIpc) is 2.74. The Kier molecular flexibility index (Phi) is 3.81. The van der Waals surface area contributed by atoms with Gasteiger partial charge in [0.2, 0.25) is 0 Å². The van der Waals surface area contributed by atoms with Crippen LogP contribution in [0.1, 0.15) is 5.56 Å². The Morgan fingerprint density at radius 2 is 2.35 bits per heavy atom. The van der Waals surface area contributed by atoms with Crippen molar-refractivity contribution in [1.82, 2.24) is 14.6 Å². The lowest BCUT2D eigenvalue weighted by molar-refractivity contribution is 0.200. The Balaban J connectivity index is 2.14. The van der Waals surface area contributed by atoms with Gasteiger partial charge in [-0.3, -0.25) is 0 Å². The van der Waals surface area contributed by atoms with Crippen LogP contribution in [0.25, 0.3) is 5.65 Å². The summed E-state index contributed by atoms with van der Waals surface area (Å²) < 4.78 is 6.73. The highest BCUT2D eigenvalue weighted by Gasteiger charge is 2.07. The number of pyridine rings is 1. The van der Waals surface area contributed by atoms with Gasteiger partial charge in [0.05, 0.1) is 12.0 Å². The van der Waals surface area contributed by atoms with Gasteiger partial charge in [0.1, 0.15) is 12.1 Å². The van der Waals surface area contributed by atoms with Crippen molar-refractivity contribution in [3.8, 4) is 0 Å². The first-order valence-electron chi connectivity index (χ1n) is 5.38. The monoisotopic (exact) mass is 254 g/mol. The third-order valence-corrected chi connectivity index (χ3v) is 2.66. The van der Waals surface area contributed by atoms with Gasteiger partial charge in [-0.2, -0.15) is 9.61 Å². The highest BCUT2D eigenvalue weighted by Crippen LogP contribution is 2.13. The van der Waals surface area contributed by atoms with Crippen LogP contribution in [0.15, 0.2) is 18.5 Å². The fraction of sp³-hybridized carbons (Fsp3) is 0.455. The van der Waals surface area contributed by atoms with E-state index < -0.39 is 0 Å². The number of hydrogen-bond donors (Lipinski definition) is 1. The van der Waals surface area contributed by atoms with Crippen LogP contribution in [-0.2, 0) is 4.74 Å². The van der Waals surface area contributed by atoms with E-state index in [4.69, 9.17) is 16.3 Å². The summed E-state index contributed by atoms with van der Waals surface area (Å²) in [4.78, 5) is 4.16. The molecule has 0 amide bonds. The number of methoxy groups -OCH3 is 1. The van der Waals surface area contributed by atoms with E-state index in [-0.39, 0.29) is 5.38 Å². The maximum absolute atomic E-state index is 6.06. The number of aryl methyl sites for hydroxylation is 1. The zero-order valence-corrected chi connectivity index (χ0v) is 10.6. The van der Waals surface area contributed by atoms with Gasteiger partial charge in [0.25, 0.3) is 0 Å². The third kappa shape index (κ3) is 2.87. The maximum Gasteiger partial charge on any atom is 0.157 e. The summed E-state index contributed by atoms with van der Waals surface area (Å²) in [5, 5.41) is 7.33.